The third-order valence-corrected chi connectivity index (χ3v) is 6.29. The summed E-state index contributed by atoms with van der Waals surface area (Å²) >= 11 is 5.23. The molecule has 4 bridgehead atoms. The number of nitrogens with zero attached hydrogens (tertiary/aromatic N) is 2. The van der Waals surface area contributed by atoms with Crippen molar-refractivity contribution in [3.63, 3.8) is 0 Å². The van der Waals surface area contributed by atoms with Crippen LogP contribution >= 0.6 is 12.2 Å². The van der Waals surface area contributed by atoms with Crippen molar-refractivity contribution < 1.29 is 0 Å². The van der Waals surface area contributed by atoms with E-state index in [1.807, 2.05) is 4.57 Å². The summed E-state index contributed by atoms with van der Waals surface area (Å²) in [6, 6.07) is 0. The van der Waals surface area contributed by atoms with Gasteiger partial charge in [0, 0.05) is 12.6 Å². The zero-order valence-corrected chi connectivity index (χ0v) is 12.8. The van der Waals surface area contributed by atoms with Crippen molar-refractivity contribution in [3.8, 4) is 0 Å². The minimum absolute atomic E-state index is 0.619. The van der Waals surface area contributed by atoms with Crippen molar-refractivity contribution in [2.75, 3.05) is 0 Å². The molecule has 4 aliphatic carbocycles. The van der Waals surface area contributed by atoms with Crippen molar-refractivity contribution in [2.45, 2.75) is 51.4 Å². The quantitative estimate of drug-likeness (QED) is 0.843. The molecule has 3 nitrogen and oxygen atoms in total. The Labute approximate surface area is 125 Å². The summed E-state index contributed by atoms with van der Waals surface area (Å²) in [6.07, 6.45) is 13.1. The summed E-state index contributed by atoms with van der Waals surface area (Å²) < 4.78 is 2.59. The van der Waals surface area contributed by atoms with Gasteiger partial charge in [0.15, 0.2) is 4.77 Å². The van der Waals surface area contributed by atoms with Gasteiger partial charge < -0.3 is 0 Å². The molecule has 0 spiro atoms. The van der Waals surface area contributed by atoms with Gasteiger partial charge in [-0.3, -0.25) is 9.67 Å². The van der Waals surface area contributed by atoms with Crippen LogP contribution in [0.25, 0.3) is 6.20 Å². The zero-order valence-electron chi connectivity index (χ0n) is 12.0. The van der Waals surface area contributed by atoms with Crippen LogP contribution in [0.4, 0.5) is 0 Å². The molecule has 0 radical (unpaired) electrons. The fourth-order valence-electron chi connectivity index (χ4n) is 5.68. The molecule has 0 atom stereocenters. The van der Waals surface area contributed by atoms with E-state index in [9.17, 15) is 0 Å². The number of hydrogen-bond donors (Lipinski definition) is 1. The maximum absolute atomic E-state index is 5.23. The summed E-state index contributed by atoms with van der Waals surface area (Å²) in [6.45, 7) is 3.84. The van der Waals surface area contributed by atoms with Gasteiger partial charge in [0.2, 0.25) is 0 Å². The van der Waals surface area contributed by atoms with Crippen LogP contribution in [0.2, 0.25) is 0 Å². The molecule has 0 unspecified atom stereocenters. The van der Waals surface area contributed by atoms with Crippen LogP contribution in [0.1, 0.15) is 50.8 Å². The van der Waals surface area contributed by atoms with Crippen LogP contribution in [0.5, 0.6) is 0 Å². The number of aryl methyl sites for hydroxylation is 1. The molecule has 0 aliphatic heterocycles. The number of aromatic amines is 1. The summed E-state index contributed by atoms with van der Waals surface area (Å²) in [4.78, 5) is 0. The number of H-pyrrole nitrogens is 1. The van der Waals surface area contributed by atoms with Gasteiger partial charge in [-0.15, -0.1) is 0 Å². The Morgan fingerprint density at radius 1 is 1.25 bits per heavy atom. The number of hydrogen-bond acceptors (Lipinski definition) is 2. The lowest BCUT2D eigenvalue weighted by molar-refractivity contribution is -0.0572. The molecule has 0 saturated heterocycles. The van der Waals surface area contributed by atoms with Crippen LogP contribution in [0.15, 0.2) is 6.58 Å². The SMILES string of the molecule is C=Cn1c(CCC23CC4CC(CC(C4)C2)C3)n[nH]c1=S. The first-order valence-corrected chi connectivity index (χ1v) is 8.37. The van der Waals surface area contributed by atoms with Crippen LogP contribution in [0, 0.1) is 27.9 Å². The van der Waals surface area contributed by atoms with Crippen molar-refractivity contribution in [2.24, 2.45) is 23.2 Å². The van der Waals surface area contributed by atoms with Crippen molar-refractivity contribution in [3.05, 3.63) is 17.2 Å². The number of aromatic nitrogens is 3. The molecule has 1 heterocycles. The minimum Gasteiger partial charge on any atom is -0.280 e. The highest BCUT2D eigenvalue weighted by Crippen LogP contribution is 2.61. The molecular formula is C16H23N3S. The molecule has 5 rings (SSSR count). The predicted octanol–water partition coefficient (Wildman–Crippen LogP) is 4.19. The van der Waals surface area contributed by atoms with Crippen molar-refractivity contribution in [1.82, 2.24) is 14.8 Å². The maximum Gasteiger partial charge on any atom is 0.199 e. The second kappa shape index (κ2) is 4.55. The number of rotatable bonds is 4. The Kier molecular flexibility index (Phi) is 2.92. The zero-order chi connectivity index (χ0) is 13.7. The van der Waals surface area contributed by atoms with E-state index >= 15 is 0 Å². The first-order chi connectivity index (χ1) is 9.67. The third kappa shape index (κ3) is 2.00. The van der Waals surface area contributed by atoms with E-state index in [4.69, 9.17) is 12.2 Å². The average molecular weight is 289 g/mol. The van der Waals surface area contributed by atoms with Gasteiger partial charge in [0.25, 0.3) is 0 Å². The van der Waals surface area contributed by atoms with E-state index in [2.05, 4.69) is 16.8 Å². The molecule has 0 aromatic carbocycles. The fraction of sp³-hybridized carbons (Fsp3) is 0.750. The number of nitrogens with one attached hydrogen (secondary N) is 1. The molecule has 1 N–H and O–H groups in total. The molecule has 1 aromatic rings. The molecule has 20 heavy (non-hydrogen) atoms. The fourth-order valence-corrected chi connectivity index (χ4v) is 5.90. The van der Waals surface area contributed by atoms with Gasteiger partial charge in [0.1, 0.15) is 5.82 Å². The summed E-state index contributed by atoms with van der Waals surface area (Å²) in [7, 11) is 0. The normalized spacial score (nSPS) is 38.3. The van der Waals surface area contributed by atoms with Gasteiger partial charge in [-0.2, -0.15) is 5.10 Å². The van der Waals surface area contributed by atoms with Crippen LogP contribution in [0.3, 0.4) is 0 Å². The Hall–Kier alpha value is -0.900. The van der Waals surface area contributed by atoms with Crippen molar-refractivity contribution in [1.29, 1.82) is 0 Å². The monoisotopic (exact) mass is 289 g/mol. The topological polar surface area (TPSA) is 33.6 Å². The second-order valence-corrected chi connectivity index (χ2v) is 7.80. The Balaban J connectivity index is 1.52. The predicted molar refractivity (Wildman–Crippen MR) is 82.7 cm³/mol. The molecule has 4 aliphatic rings. The van der Waals surface area contributed by atoms with Crippen LogP contribution in [-0.4, -0.2) is 14.8 Å². The average Bonchev–Trinajstić information content (AvgIpc) is 2.75. The highest BCUT2D eigenvalue weighted by Gasteiger charge is 2.50. The van der Waals surface area contributed by atoms with Gasteiger partial charge in [-0.25, -0.2) is 0 Å². The molecule has 0 amide bonds. The lowest BCUT2D eigenvalue weighted by atomic mass is 9.48. The first-order valence-electron chi connectivity index (χ1n) is 7.96. The summed E-state index contributed by atoms with van der Waals surface area (Å²) in [5.74, 6) is 4.14. The molecule has 4 saturated carbocycles. The van der Waals surface area contributed by atoms with Crippen molar-refractivity contribution >= 4 is 18.4 Å². The molecule has 4 fully saturated rings. The van der Waals surface area contributed by atoms with E-state index in [1.165, 1.54) is 44.9 Å². The van der Waals surface area contributed by atoms with Gasteiger partial charge in [0.05, 0.1) is 0 Å². The van der Waals surface area contributed by atoms with E-state index in [1.54, 1.807) is 6.20 Å². The molecule has 1 aromatic heterocycles. The van der Waals surface area contributed by atoms with E-state index in [0.29, 0.717) is 10.2 Å². The highest BCUT2D eigenvalue weighted by molar-refractivity contribution is 7.71. The van der Waals surface area contributed by atoms with Gasteiger partial charge >= 0.3 is 0 Å². The highest BCUT2D eigenvalue weighted by atomic mass is 32.1. The molecule has 108 valence electrons. The summed E-state index contributed by atoms with van der Waals surface area (Å²) in [5.41, 5.74) is 0.619. The van der Waals surface area contributed by atoms with Gasteiger partial charge in [-0.1, -0.05) is 6.58 Å². The molecule has 4 heteroatoms. The van der Waals surface area contributed by atoms with Gasteiger partial charge in [-0.05, 0) is 80.3 Å². The first kappa shape index (κ1) is 12.8. The third-order valence-electron chi connectivity index (χ3n) is 6.00. The van der Waals surface area contributed by atoms with E-state index < -0.39 is 0 Å². The van der Waals surface area contributed by atoms with Crippen LogP contribution < -0.4 is 0 Å². The standard InChI is InChI=1S/C16H23N3S/c1-2-19-14(17-18-15(19)20)3-4-16-8-11-5-12(9-16)7-13(6-11)10-16/h2,11-13H,1,3-10H2,(H,18,20). The lowest BCUT2D eigenvalue weighted by Crippen LogP contribution is -2.46. The van der Waals surface area contributed by atoms with E-state index in [-0.39, 0.29) is 0 Å². The lowest BCUT2D eigenvalue weighted by Gasteiger charge is -2.57. The summed E-state index contributed by atoms with van der Waals surface area (Å²) in [5, 5.41) is 7.27. The Morgan fingerprint density at radius 2 is 1.85 bits per heavy atom. The maximum atomic E-state index is 5.23. The van der Waals surface area contributed by atoms with Crippen LogP contribution in [-0.2, 0) is 6.42 Å². The second-order valence-electron chi connectivity index (χ2n) is 7.42. The largest absolute Gasteiger partial charge is 0.280 e. The molecular weight excluding hydrogens is 266 g/mol. The smallest absolute Gasteiger partial charge is 0.199 e. The Morgan fingerprint density at radius 3 is 2.40 bits per heavy atom. The Bertz CT molecular complexity index is 548. The minimum atomic E-state index is 0.619. The van der Waals surface area contributed by atoms with E-state index in [0.717, 1.165) is 30.0 Å².